The molecule has 3 heteroatoms. The fourth-order valence-corrected chi connectivity index (χ4v) is 2.24. The summed E-state index contributed by atoms with van der Waals surface area (Å²) in [7, 11) is 0. The molecule has 3 nitrogen and oxygen atoms in total. The van der Waals surface area contributed by atoms with Gasteiger partial charge in [0.05, 0.1) is 5.69 Å². The summed E-state index contributed by atoms with van der Waals surface area (Å²) in [6.45, 7) is 4.23. The summed E-state index contributed by atoms with van der Waals surface area (Å²) in [6.07, 6.45) is 2.04. The third-order valence-corrected chi connectivity index (χ3v) is 2.88. The first-order valence-corrected chi connectivity index (χ1v) is 5.93. The van der Waals surface area contributed by atoms with Crippen LogP contribution in [0.2, 0.25) is 0 Å². The maximum atomic E-state index is 11.6. The fourth-order valence-electron chi connectivity index (χ4n) is 2.24. The molecule has 0 bridgehead atoms. The van der Waals surface area contributed by atoms with Crippen LogP contribution in [0.1, 0.15) is 33.1 Å². The number of benzene rings is 1. The molecule has 2 rings (SSSR count). The summed E-state index contributed by atoms with van der Waals surface area (Å²) in [5.41, 5.74) is 4.96. The summed E-state index contributed by atoms with van der Waals surface area (Å²) < 4.78 is 0. The highest BCUT2D eigenvalue weighted by Gasteiger charge is 2.30. The average molecular weight is 230 g/mol. The normalized spacial score (nSPS) is 21.5. The van der Waals surface area contributed by atoms with Crippen LogP contribution >= 0.6 is 0 Å². The minimum absolute atomic E-state index is 0.0481. The molecule has 1 saturated carbocycles. The molecule has 0 spiro atoms. The van der Waals surface area contributed by atoms with Crippen molar-refractivity contribution in [3.63, 3.8) is 0 Å². The number of hydrazone groups is 1. The molecule has 0 amide bonds. The SMILES string of the molecule is CC1(C)CC(=O)CC(=NNc2ccccc2)C1. The van der Waals surface area contributed by atoms with E-state index < -0.39 is 0 Å². The van der Waals surface area contributed by atoms with E-state index in [4.69, 9.17) is 0 Å². The number of Topliss-reactive ketones (excluding diaryl/α,β-unsaturated/α-hetero) is 1. The van der Waals surface area contributed by atoms with Gasteiger partial charge < -0.3 is 0 Å². The van der Waals surface area contributed by atoms with Crippen LogP contribution in [0.15, 0.2) is 35.4 Å². The number of nitrogens with one attached hydrogen (secondary N) is 1. The summed E-state index contributed by atoms with van der Waals surface area (Å²) in [6, 6.07) is 9.79. The Morgan fingerprint density at radius 1 is 1.18 bits per heavy atom. The molecular weight excluding hydrogens is 212 g/mol. The summed E-state index contributed by atoms with van der Waals surface area (Å²) >= 11 is 0. The quantitative estimate of drug-likeness (QED) is 0.792. The molecule has 1 aromatic carbocycles. The van der Waals surface area contributed by atoms with Gasteiger partial charge in [-0.25, -0.2) is 0 Å². The number of para-hydroxylation sites is 1. The Hall–Kier alpha value is -1.64. The third kappa shape index (κ3) is 3.41. The summed E-state index contributed by atoms with van der Waals surface area (Å²) in [4.78, 5) is 11.6. The molecule has 0 aromatic heterocycles. The molecule has 1 fully saturated rings. The van der Waals surface area contributed by atoms with Gasteiger partial charge in [-0.2, -0.15) is 5.10 Å². The number of nitrogens with zero attached hydrogens (tertiary/aromatic N) is 1. The Morgan fingerprint density at radius 2 is 1.88 bits per heavy atom. The van der Waals surface area contributed by atoms with E-state index in [1.165, 1.54) is 0 Å². The molecule has 1 aliphatic carbocycles. The van der Waals surface area contributed by atoms with E-state index in [-0.39, 0.29) is 11.2 Å². The van der Waals surface area contributed by atoms with E-state index >= 15 is 0 Å². The number of carbonyl (C=O) groups is 1. The predicted molar refractivity (Wildman–Crippen MR) is 70.1 cm³/mol. The highest BCUT2D eigenvalue weighted by molar-refractivity contribution is 6.05. The average Bonchev–Trinajstić information content (AvgIpc) is 2.25. The van der Waals surface area contributed by atoms with Crippen LogP contribution in [-0.4, -0.2) is 11.5 Å². The second kappa shape index (κ2) is 4.70. The van der Waals surface area contributed by atoms with Gasteiger partial charge in [0.15, 0.2) is 0 Å². The first kappa shape index (κ1) is 11.8. The Labute approximate surface area is 102 Å². The molecule has 0 saturated heterocycles. The summed E-state index contributed by atoms with van der Waals surface area (Å²) in [5.74, 6) is 0.287. The molecule has 1 aromatic rings. The highest BCUT2D eigenvalue weighted by Crippen LogP contribution is 2.31. The lowest BCUT2D eigenvalue weighted by atomic mass is 9.76. The number of rotatable bonds is 2. The fraction of sp³-hybridized carbons (Fsp3) is 0.429. The van der Waals surface area contributed by atoms with E-state index in [0.717, 1.165) is 17.8 Å². The van der Waals surface area contributed by atoms with Gasteiger partial charge in [-0.15, -0.1) is 0 Å². The van der Waals surface area contributed by atoms with Crippen LogP contribution in [0.4, 0.5) is 5.69 Å². The smallest absolute Gasteiger partial charge is 0.139 e. The van der Waals surface area contributed by atoms with Gasteiger partial charge in [0.1, 0.15) is 5.78 Å². The van der Waals surface area contributed by atoms with Crippen molar-refractivity contribution < 1.29 is 4.79 Å². The maximum absolute atomic E-state index is 11.6. The zero-order chi connectivity index (χ0) is 12.3. The third-order valence-electron chi connectivity index (χ3n) is 2.88. The number of anilines is 1. The lowest BCUT2D eigenvalue weighted by Crippen LogP contribution is -2.29. The van der Waals surface area contributed by atoms with Crippen molar-refractivity contribution in [3.8, 4) is 0 Å². The summed E-state index contributed by atoms with van der Waals surface area (Å²) in [5, 5.41) is 4.35. The monoisotopic (exact) mass is 230 g/mol. The van der Waals surface area contributed by atoms with Crippen LogP contribution in [-0.2, 0) is 4.79 Å². The van der Waals surface area contributed by atoms with E-state index in [2.05, 4.69) is 24.4 Å². The minimum atomic E-state index is 0.0481. The molecular formula is C14H18N2O. The van der Waals surface area contributed by atoms with Gasteiger partial charge in [0.25, 0.3) is 0 Å². The molecule has 0 radical (unpaired) electrons. The molecule has 0 atom stereocenters. The van der Waals surface area contributed by atoms with Crippen LogP contribution in [0, 0.1) is 5.41 Å². The molecule has 1 N–H and O–H groups in total. The Morgan fingerprint density at radius 3 is 2.53 bits per heavy atom. The first-order chi connectivity index (χ1) is 8.05. The Balaban J connectivity index is 2.05. The largest absolute Gasteiger partial charge is 0.299 e. The van der Waals surface area contributed by atoms with Crippen molar-refractivity contribution in [2.75, 3.05) is 5.43 Å². The highest BCUT2D eigenvalue weighted by atomic mass is 16.1. The van der Waals surface area contributed by atoms with E-state index in [9.17, 15) is 4.79 Å². The molecule has 1 aliphatic rings. The maximum Gasteiger partial charge on any atom is 0.139 e. The van der Waals surface area contributed by atoms with Crippen molar-refractivity contribution in [3.05, 3.63) is 30.3 Å². The lowest BCUT2D eigenvalue weighted by molar-refractivity contribution is -0.120. The molecule has 0 aliphatic heterocycles. The molecule has 17 heavy (non-hydrogen) atoms. The second-order valence-corrected chi connectivity index (χ2v) is 5.39. The molecule has 90 valence electrons. The zero-order valence-electron chi connectivity index (χ0n) is 10.4. The van der Waals surface area contributed by atoms with Gasteiger partial charge >= 0.3 is 0 Å². The minimum Gasteiger partial charge on any atom is -0.299 e. The first-order valence-electron chi connectivity index (χ1n) is 5.93. The van der Waals surface area contributed by atoms with Crippen LogP contribution < -0.4 is 5.43 Å². The number of ketones is 1. The molecule has 0 heterocycles. The van der Waals surface area contributed by atoms with Crippen molar-refractivity contribution in [1.29, 1.82) is 0 Å². The van der Waals surface area contributed by atoms with Crippen molar-refractivity contribution in [1.82, 2.24) is 0 Å². The van der Waals surface area contributed by atoms with Gasteiger partial charge in [0, 0.05) is 18.6 Å². The second-order valence-electron chi connectivity index (χ2n) is 5.39. The van der Waals surface area contributed by atoms with E-state index in [0.29, 0.717) is 12.8 Å². The Bertz CT molecular complexity index is 435. The van der Waals surface area contributed by atoms with Crippen LogP contribution in [0.5, 0.6) is 0 Å². The number of hydrogen-bond donors (Lipinski definition) is 1. The standard InChI is InChI=1S/C14H18N2O/c1-14(2)9-12(8-13(17)10-14)16-15-11-6-4-3-5-7-11/h3-7,15H,8-10H2,1-2H3. The van der Waals surface area contributed by atoms with Crippen molar-refractivity contribution in [2.24, 2.45) is 10.5 Å². The van der Waals surface area contributed by atoms with Crippen molar-refractivity contribution in [2.45, 2.75) is 33.1 Å². The van der Waals surface area contributed by atoms with Crippen molar-refractivity contribution >= 4 is 17.2 Å². The number of carbonyl (C=O) groups excluding carboxylic acids is 1. The van der Waals surface area contributed by atoms with Gasteiger partial charge in [-0.05, 0) is 24.0 Å². The molecule has 0 unspecified atom stereocenters. The van der Waals surface area contributed by atoms with E-state index in [1.54, 1.807) is 0 Å². The Kier molecular flexibility index (Phi) is 3.27. The predicted octanol–water partition coefficient (Wildman–Crippen LogP) is 3.23. The zero-order valence-corrected chi connectivity index (χ0v) is 10.4. The van der Waals surface area contributed by atoms with Crippen LogP contribution in [0.25, 0.3) is 0 Å². The number of hydrogen-bond acceptors (Lipinski definition) is 3. The topological polar surface area (TPSA) is 41.5 Å². The lowest BCUT2D eigenvalue weighted by Gasteiger charge is -2.29. The van der Waals surface area contributed by atoms with Crippen LogP contribution in [0.3, 0.4) is 0 Å². The van der Waals surface area contributed by atoms with Gasteiger partial charge in [-0.1, -0.05) is 32.0 Å². The van der Waals surface area contributed by atoms with Gasteiger partial charge in [-0.3, -0.25) is 10.2 Å². The van der Waals surface area contributed by atoms with E-state index in [1.807, 2.05) is 30.3 Å². The van der Waals surface area contributed by atoms with Gasteiger partial charge in [0.2, 0.25) is 0 Å².